The maximum atomic E-state index is 11.1. The van der Waals surface area contributed by atoms with E-state index in [2.05, 4.69) is 27.4 Å². The van der Waals surface area contributed by atoms with E-state index in [-0.39, 0.29) is 5.97 Å². The van der Waals surface area contributed by atoms with Crippen LogP contribution in [0.2, 0.25) is 0 Å². The van der Waals surface area contributed by atoms with Crippen molar-refractivity contribution in [2.24, 2.45) is 0 Å². The number of aryl methyl sites for hydroxylation is 2. The Morgan fingerprint density at radius 3 is 3.00 bits per heavy atom. The molecule has 0 N–H and O–H groups in total. The highest BCUT2D eigenvalue weighted by Crippen LogP contribution is 2.18. The van der Waals surface area contributed by atoms with Crippen molar-refractivity contribution >= 4 is 33.2 Å². The number of thiophene rings is 1. The maximum absolute atomic E-state index is 11.1. The van der Waals surface area contributed by atoms with Gasteiger partial charge in [-0.25, -0.2) is 0 Å². The maximum Gasteiger partial charge on any atom is 0.305 e. The van der Waals surface area contributed by atoms with Crippen molar-refractivity contribution in [3.63, 3.8) is 0 Å². The summed E-state index contributed by atoms with van der Waals surface area (Å²) in [5.41, 5.74) is 1.38. The third-order valence-corrected chi connectivity index (χ3v) is 3.64. The molecule has 0 aromatic carbocycles. The molecular weight excluding hydrogens is 288 g/mol. The number of alkyl halides is 1. The molecule has 90 valence electrons. The Labute approximate surface area is 109 Å². The van der Waals surface area contributed by atoms with Gasteiger partial charge < -0.3 is 4.74 Å². The van der Waals surface area contributed by atoms with Crippen LogP contribution in [0.4, 0.5) is 0 Å². The van der Waals surface area contributed by atoms with Crippen LogP contribution in [0.15, 0.2) is 11.4 Å². The van der Waals surface area contributed by atoms with Gasteiger partial charge in [0.25, 0.3) is 0 Å². The number of hydrogen-bond donors (Lipinski definition) is 0. The fourth-order valence-corrected chi connectivity index (χ4v) is 2.87. The third-order valence-electron chi connectivity index (χ3n) is 2.20. The highest BCUT2D eigenvalue weighted by atomic mass is 79.9. The first-order chi connectivity index (χ1) is 7.76. The molecule has 0 atom stereocenters. The summed E-state index contributed by atoms with van der Waals surface area (Å²) in [6, 6.07) is 2.23. The molecule has 0 saturated carbocycles. The Bertz CT molecular complexity index is 323. The predicted octanol–water partition coefficient (Wildman–Crippen LogP) is 3.57. The molecule has 0 spiro atoms. The van der Waals surface area contributed by atoms with E-state index in [9.17, 15) is 4.79 Å². The molecule has 2 nitrogen and oxygen atoms in total. The first kappa shape index (κ1) is 13.7. The van der Waals surface area contributed by atoms with E-state index in [1.807, 2.05) is 6.92 Å². The minimum absolute atomic E-state index is 0.0836. The van der Waals surface area contributed by atoms with Crippen LogP contribution < -0.4 is 0 Å². The standard InChI is InChI=1S/C12H17BrO2S/c1-2-15-12(14)5-3-4-11-8-10(6-7-13)9-16-11/h8-9H,2-7H2,1H3. The minimum atomic E-state index is -0.0836. The van der Waals surface area contributed by atoms with Gasteiger partial charge in [0, 0.05) is 16.6 Å². The van der Waals surface area contributed by atoms with Crippen molar-refractivity contribution < 1.29 is 9.53 Å². The predicted molar refractivity (Wildman–Crippen MR) is 71.4 cm³/mol. The first-order valence-corrected chi connectivity index (χ1v) is 7.54. The zero-order valence-corrected chi connectivity index (χ0v) is 11.9. The van der Waals surface area contributed by atoms with Gasteiger partial charge in [0.2, 0.25) is 0 Å². The summed E-state index contributed by atoms with van der Waals surface area (Å²) in [7, 11) is 0. The third kappa shape index (κ3) is 5.12. The van der Waals surface area contributed by atoms with Gasteiger partial charge in [-0.3, -0.25) is 4.79 Å². The van der Waals surface area contributed by atoms with Crippen molar-refractivity contribution in [3.8, 4) is 0 Å². The normalized spacial score (nSPS) is 10.4. The highest BCUT2D eigenvalue weighted by molar-refractivity contribution is 9.09. The van der Waals surface area contributed by atoms with E-state index in [0.717, 1.165) is 24.6 Å². The van der Waals surface area contributed by atoms with Crippen LogP contribution in [0.3, 0.4) is 0 Å². The molecule has 1 aromatic rings. The van der Waals surface area contributed by atoms with Crippen LogP contribution in [0, 0.1) is 0 Å². The molecule has 0 unspecified atom stereocenters. The topological polar surface area (TPSA) is 26.3 Å². The average Bonchev–Trinajstić information content (AvgIpc) is 2.67. The van der Waals surface area contributed by atoms with E-state index in [0.29, 0.717) is 13.0 Å². The van der Waals surface area contributed by atoms with Gasteiger partial charge >= 0.3 is 5.97 Å². The van der Waals surface area contributed by atoms with E-state index in [1.54, 1.807) is 11.3 Å². The molecular formula is C12H17BrO2S. The van der Waals surface area contributed by atoms with Gasteiger partial charge in [-0.2, -0.15) is 0 Å². The fraction of sp³-hybridized carbons (Fsp3) is 0.583. The van der Waals surface area contributed by atoms with Gasteiger partial charge in [-0.1, -0.05) is 15.9 Å². The number of carbonyl (C=O) groups excluding carboxylic acids is 1. The zero-order valence-electron chi connectivity index (χ0n) is 9.50. The van der Waals surface area contributed by atoms with Crippen LogP contribution in [0.1, 0.15) is 30.2 Å². The molecule has 0 aliphatic rings. The number of ether oxygens (including phenoxy) is 1. The molecule has 1 heterocycles. The highest BCUT2D eigenvalue weighted by Gasteiger charge is 2.03. The number of carbonyl (C=O) groups is 1. The smallest absolute Gasteiger partial charge is 0.305 e. The molecule has 1 aromatic heterocycles. The van der Waals surface area contributed by atoms with E-state index in [4.69, 9.17) is 4.74 Å². The second kappa shape index (κ2) is 7.85. The van der Waals surface area contributed by atoms with Gasteiger partial charge in [0.05, 0.1) is 6.61 Å². The summed E-state index contributed by atoms with van der Waals surface area (Å²) < 4.78 is 4.88. The minimum Gasteiger partial charge on any atom is -0.466 e. The quantitative estimate of drug-likeness (QED) is 0.568. The Morgan fingerprint density at radius 2 is 2.31 bits per heavy atom. The number of esters is 1. The van der Waals surface area contributed by atoms with E-state index < -0.39 is 0 Å². The lowest BCUT2D eigenvalue weighted by Crippen LogP contribution is -2.03. The SMILES string of the molecule is CCOC(=O)CCCc1cc(CCBr)cs1. The lowest BCUT2D eigenvalue weighted by Gasteiger charge is -2.00. The Kier molecular flexibility index (Phi) is 6.73. The molecule has 0 aliphatic carbocycles. The monoisotopic (exact) mass is 304 g/mol. The van der Waals surface area contributed by atoms with Crippen LogP contribution >= 0.6 is 27.3 Å². The fourth-order valence-electron chi connectivity index (χ4n) is 1.44. The summed E-state index contributed by atoms with van der Waals surface area (Å²) in [6.45, 7) is 2.32. The van der Waals surface area contributed by atoms with Crippen molar-refractivity contribution in [2.45, 2.75) is 32.6 Å². The summed E-state index contributed by atoms with van der Waals surface area (Å²) in [4.78, 5) is 12.5. The number of rotatable bonds is 7. The largest absolute Gasteiger partial charge is 0.466 e. The first-order valence-electron chi connectivity index (χ1n) is 5.54. The zero-order chi connectivity index (χ0) is 11.8. The Hall–Kier alpha value is -0.350. The van der Waals surface area contributed by atoms with Gasteiger partial charge in [0.1, 0.15) is 0 Å². The lowest BCUT2D eigenvalue weighted by molar-refractivity contribution is -0.143. The summed E-state index contributed by atoms with van der Waals surface area (Å²) in [5, 5.41) is 3.20. The van der Waals surface area contributed by atoms with Gasteiger partial charge in [-0.15, -0.1) is 11.3 Å². The number of hydrogen-bond acceptors (Lipinski definition) is 3. The van der Waals surface area contributed by atoms with Crippen LogP contribution in [0.25, 0.3) is 0 Å². The van der Waals surface area contributed by atoms with Gasteiger partial charge in [0.15, 0.2) is 0 Å². The molecule has 0 radical (unpaired) electrons. The average molecular weight is 305 g/mol. The molecule has 1 rings (SSSR count). The van der Waals surface area contributed by atoms with Crippen LogP contribution in [-0.2, 0) is 22.4 Å². The summed E-state index contributed by atoms with van der Waals surface area (Å²) in [6.07, 6.45) is 3.47. The Balaban J connectivity index is 2.23. The lowest BCUT2D eigenvalue weighted by atomic mass is 10.2. The molecule has 4 heteroatoms. The van der Waals surface area contributed by atoms with E-state index >= 15 is 0 Å². The summed E-state index contributed by atoms with van der Waals surface area (Å²) >= 11 is 5.21. The van der Waals surface area contributed by atoms with Crippen molar-refractivity contribution in [1.29, 1.82) is 0 Å². The van der Waals surface area contributed by atoms with E-state index in [1.165, 1.54) is 10.4 Å². The molecule has 0 amide bonds. The van der Waals surface area contributed by atoms with Crippen molar-refractivity contribution in [2.75, 3.05) is 11.9 Å². The van der Waals surface area contributed by atoms with Crippen LogP contribution in [-0.4, -0.2) is 17.9 Å². The molecule has 0 aliphatic heterocycles. The molecule has 0 bridgehead atoms. The van der Waals surface area contributed by atoms with Crippen LogP contribution in [0.5, 0.6) is 0 Å². The van der Waals surface area contributed by atoms with Gasteiger partial charge in [-0.05, 0) is 43.2 Å². The molecule has 16 heavy (non-hydrogen) atoms. The second-order valence-electron chi connectivity index (χ2n) is 3.52. The summed E-state index contributed by atoms with van der Waals surface area (Å²) in [5.74, 6) is -0.0836. The molecule has 0 fully saturated rings. The van der Waals surface area contributed by atoms with Crippen molar-refractivity contribution in [1.82, 2.24) is 0 Å². The number of halogens is 1. The molecule has 0 saturated heterocycles. The Morgan fingerprint density at radius 1 is 1.50 bits per heavy atom. The second-order valence-corrected chi connectivity index (χ2v) is 5.31. The van der Waals surface area contributed by atoms with Crippen molar-refractivity contribution in [3.05, 3.63) is 21.9 Å².